The van der Waals surface area contributed by atoms with E-state index in [0.29, 0.717) is 11.9 Å². The molecule has 3 N–H and O–H groups in total. The summed E-state index contributed by atoms with van der Waals surface area (Å²) in [5, 5.41) is 12.7. The van der Waals surface area contributed by atoms with Gasteiger partial charge in [0.25, 0.3) is 0 Å². The second-order valence-electron chi connectivity index (χ2n) is 5.64. The summed E-state index contributed by atoms with van der Waals surface area (Å²) >= 11 is 0. The van der Waals surface area contributed by atoms with Gasteiger partial charge in [-0.05, 0) is 19.3 Å². The largest absolute Gasteiger partial charge is 0.335 e. The monoisotopic (exact) mass is 236 g/mol. The first-order valence-corrected chi connectivity index (χ1v) is 6.08. The number of nitrogens with one attached hydrogen (secondary N) is 3. The van der Waals surface area contributed by atoms with E-state index in [1.54, 1.807) is 0 Å². The van der Waals surface area contributed by atoms with Crippen LogP contribution in [0.1, 0.15) is 45.7 Å². The lowest BCUT2D eigenvalue weighted by atomic mass is 9.92. The fourth-order valence-electron chi connectivity index (χ4n) is 1.66. The molecule has 0 unspecified atom stereocenters. The van der Waals surface area contributed by atoms with Crippen LogP contribution in [0.4, 0.5) is 10.6 Å². The van der Waals surface area contributed by atoms with Crippen LogP contribution in [-0.4, -0.2) is 22.3 Å². The number of aromatic amines is 1. The van der Waals surface area contributed by atoms with E-state index in [1.165, 1.54) is 6.42 Å². The van der Waals surface area contributed by atoms with Gasteiger partial charge < -0.3 is 5.32 Å². The standard InChI is InChI=1S/C12H20N4O/c1-12(2,3)9-7-10(16-15-9)14-11(17)13-8-5-4-6-8/h7-8H,4-6H2,1-3H3,(H3,13,14,15,16,17). The van der Waals surface area contributed by atoms with E-state index in [9.17, 15) is 4.79 Å². The maximum Gasteiger partial charge on any atom is 0.320 e. The van der Waals surface area contributed by atoms with Gasteiger partial charge in [0.05, 0.1) is 0 Å². The van der Waals surface area contributed by atoms with Crippen molar-refractivity contribution in [3.05, 3.63) is 11.8 Å². The molecule has 1 heterocycles. The third kappa shape index (κ3) is 2.99. The van der Waals surface area contributed by atoms with Crippen molar-refractivity contribution in [3.63, 3.8) is 0 Å². The topological polar surface area (TPSA) is 69.8 Å². The predicted octanol–water partition coefficient (Wildman–Crippen LogP) is 2.38. The molecule has 0 atom stereocenters. The maximum absolute atomic E-state index is 11.6. The van der Waals surface area contributed by atoms with Gasteiger partial charge in [-0.3, -0.25) is 10.4 Å². The number of anilines is 1. The number of aromatic nitrogens is 2. The molecule has 5 heteroatoms. The minimum absolute atomic E-state index is 0.0113. The van der Waals surface area contributed by atoms with Gasteiger partial charge in [-0.25, -0.2) is 4.79 Å². The Morgan fingerprint density at radius 1 is 1.47 bits per heavy atom. The van der Waals surface area contributed by atoms with Crippen LogP contribution < -0.4 is 10.6 Å². The summed E-state index contributed by atoms with van der Waals surface area (Å²) in [5.41, 5.74) is 1.02. The third-order valence-corrected chi connectivity index (χ3v) is 3.07. The number of nitrogens with zero attached hydrogens (tertiary/aromatic N) is 1. The SMILES string of the molecule is CC(C)(C)c1cc(NC(=O)NC2CCC2)n[nH]1. The van der Waals surface area contributed by atoms with Crippen LogP contribution in [0.2, 0.25) is 0 Å². The van der Waals surface area contributed by atoms with Crippen molar-refractivity contribution in [1.82, 2.24) is 15.5 Å². The van der Waals surface area contributed by atoms with E-state index in [0.717, 1.165) is 18.5 Å². The van der Waals surface area contributed by atoms with Crippen LogP contribution in [0.3, 0.4) is 0 Å². The Labute approximate surface area is 101 Å². The fraction of sp³-hybridized carbons (Fsp3) is 0.667. The first-order chi connectivity index (χ1) is 7.95. The molecular weight excluding hydrogens is 216 g/mol. The lowest BCUT2D eigenvalue weighted by Gasteiger charge is -2.26. The second kappa shape index (κ2) is 4.39. The molecule has 1 saturated carbocycles. The normalized spacial score (nSPS) is 16.4. The maximum atomic E-state index is 11.6. The molecule has 0 aliphatic heterocycles. The summed E-state index contributed by atoms with van der Waals surface area (Å²) in [6.07, 6.45) is 3.38. The van der Waals surface area contributed by atoms with Crippen LogP contribution in [-0.2, 0) is 5.41 Å². The van der Waals surface area contributed by atoms with Gasteiger partial charge in [-0.15, -0.1) is 0 Å². The van der Waals surface area contributed by atoms with Crippen LogP contribution in [0.5, 0.6) is 0 Å². The molecule has 0 saturated heterocycles. The zero-order valence-electron chi connectivity index (χ0n) is 10.6. The lowest BCUT2D eigenvalue weighted by Crippen LogP contribution is -2.41. The highest BCUT2D eigenvalue weighted by Gasteiger charge is 2.20. The van der Waals surface area contributed by atoms with Crippen LogP contribution in [0.15, 0.2) is 6.07 Å². The molecule has 1 fully saturated rings. The van der Waals surface area contributed by atoms with E-state index in [-0.39, 0.29) is 11.4 Å². The molecule has 5 nitrogen and oxygen atoms in total. The first kappa shape index (κ1) is 12.0. The number of hydrogen-bond acceptors (Lipinski definition) is 2. The van der Waals surface area contributed by atoms with Crippen LogP contribution in [0, 0.1) is 0 Å². The molecule has 1 aromatic heterocycles. The van der Waals surface area contributed by atoms with E-state index in [4.69, 9.17) is 0 Å². The second-order valence-corrected chi connectivity index (χ2v) is 5.64. The molecule has 0 aromatic carbocycles. The van der Waals surface area contributed by atoms with Crippen molar-refractivity contribution >= 4 is 11.8 Å². The lowest BCUT2D eigenvalue weighted by molar-refractivity contribution is 0.240. The molecule has 0 spiro atoms. The Kier molecular flexibility index (Phi) is 3.09. The molecule has 94 valence electrons. The Morgan fingerprint density at radius 2 is 2.18 bits per heavy atom. The highest BCUT2D eigenvalue weighted by Crippen LogP contribution is 2.22. The molecule has 1 aliphatic rings. The van der Waals surface area contributed by atoms with E-state index in [1.807, 2.05) is 6.07 Å². The number of H-pyrrole nitrogens is 1. The number of hydrogen-bond donors (Lipinski definition) is 3. The van der Waals surface area contributed by atoms with Crippen molar-refractivity contribution in [2.45, 2.75) is 51.5 Å². The summed E-state index contributed by atoms with van der Waals surface area (Å²) in [4.78, 5) is 11.6. The minimum atomic E-state index is -0.165. The van der Waals surface area contributed by atoms with Crippen molar-refractivity contribution in [1.29, 1.82) is 0 Å². The predicted molar refractivity (Wildman–Crippen MR) is 67.1 cm³/mol. The zero-order chi connectivity index (χ0) is 12.5. The molecule has 0 bridgehead atoms. The summed E-state index contributed by atoms with van der Waals surface area (Å²) in [6.45, 7) is 6.29. The molecule has 2 rings (SSSR count). The Balaban J connectivity index is 1.89. The van der Waals surface area contributed by atoms with Gasteiger partial charge >= 0.3 is 6.03 Å². The third-order valence-electron chi connectivity index (χ3n) is 3.07. The van der Waals surface area contributed by atoms with Gasteiger partial charge in [-0.1, -0.05) is 20.8 Å². The highest BCUT2D eigenvalue weighted by atomic mass is 16.2. The van der Waals surface area contributed by atoms with Crippen molar-refractivity contribution < 1.29 is 4.79 Å². The summed E-state index contributed by atoms with van der Waals surface area (Å²) in [6, 6.07) is 2.05. The van der Waals surface area contributed by atoms with E-state index < -0.39 is 0 Å². The first-order valence-electron chi connectivity index (χ1n) is 6.08. The quantitative estimate of drug-likeness (QED) is 0.738. The van der Waals surface area contributed by atoms with Gasteiger partial charge in [0.15, 0.2) is 5.82 Å². The number of urea groups is 1. The molecule has 1 aliphatic carbocycles. The average Bonchev–Trinajstić information content (AvgIpc) is 2.59. The summed E-state index contributed by atoms with van der Waals surface area (Å²) < 4.78 is 0. The molecular formula is C12H20N4O. The Hall–Kier alpha value is -1.52. The highest BCUT2D eigenvalue weighted by molar-refractivity contribution is 5.88. The van der Waals surface area contributed by atoms with Crippen molar-refractivity contribution in [3.8, 4) is 0 Å². The molecule has 17 heavy (non-hydrogen) atoms. The van der Waals surface area contributed by atoms with Gasteiger partial charge in [0.2, 0.25) is 0 Å². The van der Waals surface area contributed by atoms with Crippen LogP contribution in [0.25, 0.3) is 0 Å². The van der Waals surface area contributed by atoms with Gasteiger partial charge in [-0.2, -0.15) is 5.10 Å². The minimum Gasteiger partial charge on any atom is -0.335 e. The van der Waals surface area contributed by atoms with Gasteiger partial charge in [0.1, 0.15) is 0 Å². The van der Waals surface area contributed by atoms with Crippen molar-refractivity contribution in [2.24, 2.45) is 0 Å². The van der Waals surface area contributed by atoms with Crippen molar-refractivity contribution in [2.75, 3.05) is 5.32 Å². The van der Waals surface area contributed by atoms with E-state index >= 15 is 0 Å². The number of carbonyl (C=O) groups is 1. The molecule has 2 amide bonds. The zero-order valence-corrected chi connectivity index (χ0v) is 10.6. The number of amides is 2. The molecule has 1 aromatic rings. The Bertz CT molecular complexity index is 401. The Morgan fingerprint density at radius 3 is 2.65 bits per heavy atom. The average molecular weight is 236 g/mol. The molecule has 0 radical (unpaired) electrons. The smallest absolute Gasteiger partial charge is 0.320 e. The van der Waals surface area contributed by atoms with Gasteiger partial charge in [0, 0.05) is 23.2 Å². The summed E-state index contributed by atoms with van der Waals surface area (Å²) in [7, 11) is 0. The fourth-order valence-corrected chi connectivity index (χ4v) is 1.66. The van der Waals surface area contributed by atoms with Crippen LogP contribution >= 0.6 is 0 Å². The number of rotatable bonds is 2. The van der Waals surface area contributed by atoms with E-state index in [2.05, 4.69) is 41.6 Å². The summed E-state index contributed by atoms with van der Waals surface area (Å²) in [5.74, 6) is 0.576. The number of carbonyl (C=O) groups excluding carboxylic acids is 1.